The standard InChI is InChI=1S/C23H23F2N5O3/c1-23(2,3)33-22(31)30-17(15-12-27-29(13-15)21(24)25)9-14-11-26-20(10-18(14)30)28-16-7-5-6-8-19(16)32-4/h5-13,21H,1-4H3,(H,26,28). The molecule has 4 rings (SSSR count). The van der Waals surface area contributed by atoms with Crippen LogP contribution in [0.2, 0.25) is 0 Å². The maximum atomic E-state index is 13.1. The van der Waals surface area contributed by atoms with E-state index >= 15 is 0 Å². The summed E-state index contributed by atoms with van der Waals surface area (Å²) in [7, 11) is 1.57. The molecule has 0 fully saturated rings. The van der Waals surface area contributed by atoms with E-state index in [-0.39, 0.29) is 0 Å². The minimum absolute atomic E-state index is 0.344. The summed E-state index contributed by atoms with van der Waals surface area (Å²) in [4.78, 5) is 17.6. The molecule has 0 saturated carbocycles. The van der Waals surface area contributed by atoms with E-state index in [0.29, 0.717) is 44.1 Å². The lowest BCUT2D eigenvalue weighted by Crippen LogP contribution is -2.27. The monoisotopic (exact) mass is 455 g/mol. The molecule has 0 radical (unpaired) electrons. The number of hydrogen-bond acceptors (Lipinski definition) is 6. The lowest BCUT2D eigenvalue weighted by atomic mass is 10.2. The number of para-hydroxylation sites is 2. The van der Waals surface area contributed by atoms with Gasteiger partial charge in [-0.15, -0.1) is 0 Å². The van der Waals surface area contributed by atoms with Gasteiger partial charge in [-0.2, -0.15) is 13.9 Å². The highest BCUT2D eigenvalue weighted by Gasteiger charge is 2.24. The number of carbonyl (C=O) groups is 1. The Morgan fingerprint density at radius 2 is 1.91 bits per heavy atom. The maximum absolute atomic E-state index is 13.1. The molecule has 1 aromatic carbocycles. The fourth-order valence-electron chi connectivity index (χ4n) is 3.35. The van der Waals surface area contributed by atoms with E-state index in [9.17, 15) is 13.6 Å². The van der Waals surface area contributed by atoms with Crippen LogP contribution in [0.3, 0.4) is 0 Å². The molecular formula is C23H23F2N5O3. The zero-order valence-corrected chi connectivity index (χ0v) is 18.5. The smallest absolute Gasteiger partial charge is 0.419 e. The Labute approximate surface area is 188 Å². The molecule has 0 aliphatic carbocycles. The fraction of sp³-hybridized carbons (Fsp3) is 0.261. The molecule has 8 nitrogen and oxygen atoms in total. The van der Waals surface area contributed by atoms with Crippen molar-refractivity contribution >= 4 is 28.5 Å². The molecule has 0 aliphatic heterocycles. The number of halogens is 2. The number of anilines is 2. The molecule has 33 heavy (non-hydrogen) atoms. The SMILES string of the molecule is COc1ccccc1Nc1cc2c(cn1)cc(-c1cnn(C(F)F)c1)n2C(=O)OC(C)(C)C. The Kier molecular flexibility index (Phi) is 5.75. The van der Waals surface area contributed by atoms with E-state index in [2.05, 4.69) is 15.4 Å². The first kappa shape index (κ1) is 22.3. The molecule has 10 heteroatoms. The average molecular weight is 455 g/mol. The van der Waals surface area contributed by atoms with Gasteiger partial charge >= 0.3 is 12.6 Å². The van der Waals surface area contributed by atoms with Crippen molar-refractivity contribution in [1.29, 1.82) is 0 Å². The number of methoxy groups -OCH3 is 1. The minimum atomic E-state index is -2.79. The van der Waals surface area contributed by atoms with Crippen LogP contribution in [0.15, 0.2) is 55.0 Å². The normalized spacial score (nSPS) is 11.7. The molecule has 0 spiro atoms. The molecule has 0 amide bonds. The van der Waals surface area contributed by atoms with Gasteiger partial charge in [0.15, 0.2) is 0 Å². The zero-order valence-electron chi connectivity index (χ0n) is 18.5. The van der Waals surface area contributed by atoms with E-state index in [1.807, 2.05) is 24.3 Å². The second-order valence-electron chi connectivity index (χ2n) is 8.29. The third-order valence-corrected chi connectivity index (χ3v) is 4.73. The van der Waals surface area contributed by atoms with Gasteiger partial charge in [0.1, 0.15) is 17.2 Å². The van der Waals surface area contributed by atoms with Crippen molar-refractivity contribution in [2.24, 2.45) is 0 Å². The molecule has 0 saturated heterocycles. The highest BCUT2D eigenvalue weighted by Crippen LogP contribution is 2.32. The number of nitrogens with one attached hydrogen (secondary N) is 1. The Bertz CT molecular complexity index is 1310. The van der Waals surface area contributed by atoms with Crippen LogP contribution < -0.4 is 10.1 Å². The second kappa shape index (κ2) is 8.53. The van der Waals surface area contributed by atoms with Crippen LogP contribution in [0.1, 0.15) is 27.3 Å². The van der Waals surface area contributed by atoms with Crippen molar-refractivity contribution in [2.45, 2.75) is 32.9 Å². The summed E-state index contributed by atoms with van der Waals surface area (Å²) in [5, 5.41) is 7.50. The van der Waals surface area contributed by atoms with Gasteiger partial charge in [0.05, 0.1) is 30.2 Å². The van der Waals surface area contributed by atoms with Crippen LogP contribution in [0.25, 0.3) is 22.2 Å². The summed E-state index contributed by atoms with van der Waals surface area (Å²) in [5.41, 5.74) is 1.14. The number of ether oxygens (including phenoxy) is 2. The van der Waals surface area contributed by atoms with Gasteiger partial charge in [0.2, 0.25) is 0 Å². The second-order valence-corrected chi connectivity index (χ2v) is 8.29. The van der Waals surface area contributed by atoms with Gasteiger partial charge in [-0.3, -0.25) is 0 Å². The number of benzene rings is 1. The Balaban J connectivity index is 1.83. The van der Waals surface area contributed by atoms with E-state index in [4.69, 9.17) is 9.47 Å². The van der Waals surface area contributed by atoms with Gasteiger partial charge in [-0.25, -0.2) is 19.0 Å². The van der Waals surface area contributed by atoms with Gasteiger partial charge in [-0.1, -0.05) is 12.1 Å². The van der Waals surface area contributed by atoms with Crippen LogP contribution in [-0.4, -0.2) is 38.1 Å². The molecule has 3 aromatic heterocycles. The first-order valence-electron chi connectivity index (χ1n) is 10.1. The largest absolute Gasteiger partial charge is 0.495 e. The summed E-state index contributed by atoms with van der Waals surface area (Å²) in [5.74, 6) is 1.09. The highest BCUT2D eigenvalue weighted by atomic mass is 19.3. The van der Waals surface area contributed by atoms with Crippen LogP contribution in [-0.2, 0) is 4.74 Å². The Hall–Kier alpha value is -3.95. The summed E-state index contributed by atoms with van der Waals surface area (Å²) in [6.45, 7) is 2.46. The number of hydrogen-bond donors (Lipinski definition) is 1. The highest BCUT2D eigenvalue weighted by molar-refractivity contribution is 5.97. The lowest BCUT2D eigenvalue weighted by Gasteiger charge is -2.21. The lowest BCUT2D eigenvalue weighted by molar-refractivity contribution is 0.0546. The van der Waals surface area contributed by atoms with Gasteiger partial charge in [0.25, 0.3) is 0 Å². The summed E-state index contributed by atoms with van der Waals surface area (Å²) in [6.07, 6.45) is 3.41. The van der Waals surface area contributed by atoms with E-state index in [1.165, 1.54) is 17.0 Å². The predicted octanol–water partition coefficient (Wildman–Crippen LogP) is 5.83. The topological polar surface area (TPSA) is 83.2 Å². The number of pyridine rings is 1. The van der Waals surface area contributed by atoms with E-state index < -0.39 is 18.2 Å². The molecule has 4 aromatic rings. The van der Waals surface area contributed by atoms with Crippen molar-refractivity contribution < 1.29 is 23.0 Å². The van der Waals surface area contributed by atoms with E-state index in [0.717, 1.165) is 0 Å². The molecule has 3 heterocycles. The minimum Gasteiger partial charge on any atom is -0.495 e. The summed E-state index contributed by atoms with van der Waals surface area (Å²) >= 11 is 0. The molecular weight excluding hydrogens is 432 g/mol. The first-order chi connectivity index (χ1) is 15.7. The van der Waals surface area contributed by atoms with Gasteiger partial charge in [0, 0.05) is 29.4 Å². The van der Waals surface area contributed by atoms with Crippen LogP contribution >= 0.6 is 0 Å². The number of fused-ring (bicyclic) bond motifs is 1. The Morgan fingerprint density at radius 3 is 2.58 bits per heavy atom. The van der Waals surface area contributed by atoms with Crippen molar-refractivity contribution in [1.82, 2.24) is 19.3 Å². The predicted molar refractivity (Wildman–Crippen MR) is 120 cm³/mol. The van der Waals surface area contributed by atoms with Crippen LogP contribution in [0.4, 0.5) is 25.1 Å². The quantitative estimate of drug-likeness (QED) is 0.408. The molecule has 0 unspecified atom stereocenters. The number of carbonyl (C=O) groups excluding carboxylic acids is 1. The third-order valence-electron chi connectivity index (χ3n) is 4.73. The number of nitrogens with zero attached hydrogens (tertiary/aromatic N) is 4. The van der Waals surface area contributed by atoms with Crippen molar-refractivity contribution in [3.05, 3.63) is 55.0 Å². The van der Waals surface area contributed by atoms with Crippen molar-refractivity contribution in [3.8, 4) is 17.0 Å². The van der Waals surface area contributed by atoms with Gasteiger partial charge < -0.3 is 14.8 Å². The zero-order chi connectivity index (χ0) is 23.8. The summed E-state index contributed by atoms with van der Waals surface area (Å²) < 4.78 is 39.0. The van der Waals surface area contributed by atoms with Gasteiger partial charge in [-0.05, 0) is 39.0 Å². The number of rotatable bonds is 5. The molecule has 0 bridgehead atoms. The number of aromatic nitrogens is 4. The molecule has 172 valence electrons. The first-order valence-corrected chi connectivity index (χ1v) is 10.1. The van der Waals surface area contributed by atoms with Crippen molar-refractivity contribution in [3.63, 3.8) is 0 Å². The van der Waals surface area contributed by atoms with Crippen LogP contribution in [0.5, 0.6) is 5.75 Å². The average Bonchev–Trinajstić information content (AvgIpc) is 3.37. The van der Waals surface area contributed by atoms with Crippen molar-refractivity contribution in [2.75, 3.05) is 12.4 Å². The van der Waals surface area contributed by atoms with E-state index in [1.54, 1.807) is 46.2 Å². The maximum Gasteiger partial charge on any atom is 0.419 e. The molecule has 0 atom stereocenters. The fourth-order valence-corrected chi connectivity index (χ4v) is 3.35. The third kappa shape index (κ3) is 4.64. The number of alkyl halides is 2. The molecule has 0 aliphatic rings. The Morgan fingerprint density at radius 1 is 1.15 bits per heavy atom. The molecule has 1 N–H and O–H groups in total. The van der Waals surface area contributed by atoms with Crippen LogP contribution in [0, 0.1) is 0 Å². The summed E-state index contributed by atoms with van der Waals surface area (Å²) in [6, 6.07) is 10.7.